The first-order valence-electron chi connectivity index (χ1n) is 7.54. The van der Waals surface area contributed by atoms with Crippen molar-refractivity contribution in [2.45, 2.75) is 0 Å². The van der Waals surface area contributed by atoms with Crippen LogP contribution in [0.15, 0.2) is 53.5 Å². The van der Waals surface area contributed by atoms with Gasteiger partial charge in [-0.25, -0.2) is 0 Å². The Morgan fingerprint density at radius 1 is 1.17 bits per heavy atom. The van der Waals surface area contributed by atoms with Gasteiger partial charge in [0.2, 0.25) is 0 Å². The summed E-state index contributed by atoms with van der Waals surface area (Å²) in [6.45, 7) is -0.0395. The molecule has 1 N–H and O–H groups in total. The Morgan fingerprint density at radius 2 is 2.00 bits per heavy atom. The predicted octanol–water partition coefficient (Wildman–Crippen LogP) is -0.773. The Morgan fingerprint density at radius 3 is 2.83 bits per heavy atom. The van der Waals surface area contributed by atoms with Gasteiger partial charge in [0.15, 0.2) is 0 Å². The summed E-state index contributed by atoms with van der Waals surface area (Å²) in [5.41, 5.74) is 3.09. The second-order valence-corrected chi connectivity index (χ2v) is 5.64. The molecule has 0 unspecified atom stereocenters. The molecule has 0 amide bonds. The summed E-state index contributed by atoms with van der Waals surface area (Å²) in [5, 5.41) is 3.30. The van der Waals surface area contributed by atoms with E-state index in [-0.39, 0.29) is 14.1 Å². The molecule has 1 aromatic carbocycles. The van der Waals surface area contributed by atoms with Gasteiger partial charge in [-0.05, 0) is 0 Å². The van der Waals surface area contributed by atoms with Crippen molar-refractivity contribution in [1.29, 1.82) is 0 Å². The fraction of sp³-hybridized carbons (Fsp3) is 0.143. The van der Waals surface area contributed by atoms with Crippen molar-refractivity contribution in [3.63, 3.8) is 0 Å². The van der Waals surface area contributed by atoms with Crippen LogP contribution in [0.1, 0.15) is 0 Å². The zero-order valence-corrected chi connectivity index (χ0v) is 13.1. The Balaban J connectivity index is 1.76. The van der Waals surface area contributed by atoms with Gasteiger partial charge in [-0.15, -0.1) is 0 Å². The summed E-state index contributed by atoms with van der Waals surface area (Å²) in [5.74, 6) is 0. The molecule has 0 atom stereocenters. The van der Waals surface area contributed by atoms with E-state index < -0.39 is 0 Å². The van der Waals surface area contributed by atoms with Gasteiger partial charge < -0.3 is 0 Å². The normalized spacial score (nSPS) is 14.9. The number of aromatic nitrogens is 3. The molecule has 6 nitrogen and oxygen atoms in total. The monoisotopic (exact) mass is 300 g/mol. The van der Waals surface area contributed by atoms with E-state index in [9.17, 15) is 0 Å². The van der Waals surface area contributed by atoms with Crippen LogP contribution in [0.2, 0.25) is 0 Å². The third-order valence-corrected chi connectivity index (χ3v) is 4.17. The van der Waals surface area contributed by atoms with Crippen LogP contribution in [0.3, 0.4) is 0 Å². The number of rotatable bonds is 2. The molecular formula is C14H15B3N6. The number of aryl methyl sites for hydroxylation is 1. The van der Waals surface area contributed by atoms with Crippen LogP contribution < -0.4 is 15.1 Å². The van der Waals surface area contributed by atoms with Gasteiger partial charge >= 0.3 is 136 Å². The van der Waals surface area contributed by atoms with E-state index in [2.05, 4.69) is 45.2 Å². The summed E-state index contributed by atoms with van der Waals surface area (Å²) in [6, 6.07) is 14.3. The van der Waals surface area contributed by atoms with Crippen molar-refractivity contribution < 1.29 is 4.48 Å². The molecule has 9 heteroatoms. The molecule has 0 aliphatic carbocycles. The van der Waals surface area contributed by atoms with Gasteiger partial charge in [0, 0.05) is 0 Å². The molecule has 0 saturated carbocycles. The number of imidazole rings is 1. The predicted molar refractivity (Wildman–Crippen MR) is 91.8 cm³/mol. The maximum absolute atomic E-state index is 4.58. The van der Waals surface area contributed by atoms with Gasteiger partial charge in [-0.1, -0.05) is 0 Å². The molecule has 1 aliphatic heterocycles. The second-order valence-electron chi connectivity index (χ2n) is 5.64. The van der Waals surface area contributed by atoms with E-state index in [0.717, 1.165) is 16.6 Å². The quantitative estimate of drug-likeness (QED) is 0.499. The first kappa shape index (κ1) is 14.2. The molecule has 0 spiro atoms. The zero-order valence-electron chi connectivity index (χ0n) is 13.1. The number of nitrogens with zero attached hydrogens (tertiary/aromatic N) is 5. The Hall–Kier alpha value is -2.41. The molecule has 2 aromatic heterocycles. The van der Waals surface area contributed by atoms with Crippen LogP contribution in [0.5, 0.6) is 0 Å². The molecular weight excluding hydrogens is 285 g/mol. The molecule has 0 radical (unpaired) electrons. The van der Waals surface area contributed by atoms with E-state index in [1.54, 1.807) is 13.4 Å². The minimum atomic E-state index is -0.101. The van der Waals surface area contributed by atoms with E-state index >= 15 is 0 Å². The van der Waals surface area contributed by atoms with Gasteiger partial charge in [0.1, 0.15) is 0 Å². The van der Waals surface area contributed by atoms with Crippen molar-refractivity contribution in [2.24, 2.45) is 11.9 Å². The molecule has 0 fully saturated rings. The molecule has 23 heavy (non-hydrogen) atoms. The third-order valence-electron chi connectivity index (χ3n) is 4.17. The van der Waals surface area contributed by atoms with Crippen LogP contribution in [0.4, 0.5) is 0 Å². The van der Waals surface area contributed by atoms with Crippen molar-refractivity contribution >= 4 is 37.9 Å². The zero-order chi connectivity index (χ0) is 15.8. The Bertz CT molecular complexity index is 865. The number of nitrogens with one attached hydrogen (secondary N) is 1. The number of hydrogen-bond donors (Lipinski definition) is 1. The topological polar surface area (TPSA) is 49.3 Å². The minimum absolute atomic E-state index is 0.0395. The first-order chi connectivity index (χ1) is 11.3. The first-order valence-corrected chi connectivity index (χ1v) is 7.54. The summed E-state index contributed by atoms with van der Waals surface area (Å²) >= 11 is 0. The third kappa shape index (κ3) is 2.37. The summed E-state index contributed by atoms with van der Waals surface area (Å²) < 4.78 is 6.14. The van der Waals surface area contributed by atoms with Crippen molar-refractivity contribution in [1.82, 2.24) is 19.4 Å². The fourth-order valence-electron chi connectivity index (χ4n) is 3.01. The summed E-state index contributed by atoms with van der Waals surface area (Å²) in [7, 11) is 5.70. The van der Waals surface area contributed by atoms with Crippen LogP contribution in [0, 0.1) is 6.33 Å². The van der Waals surface area contributed by atoms with Gasteiger partial charge in [0.25, 0.3) is 0 Å². The number of fused-ring (bicyclic) bond motifs is 1. The number of pyridine rings is 1. The second kappa shape index (κ2) is 5.66. The average Bonchev–Trinajstić information content (AvgIpc) is 2.93. The Kier molecular flexibility index (Phi) is 3.50. The SMILES string of the molecule is CN1B(c2ccccc2)N=BNB1[n+]1[c-]n(C)c2cccnc21. The number of benzene rings is 1. The van der Waals surface area contributed by atoms with Crippen molar-refractivity contribution in [3.8, 4) is 0 Å². The Labute approximate surface area is 136 Å². The summed E-state index contributed by atoms with van der Waals surface area (Å²) in [6.07, 6.45) is 5.13. The molecule has 3 aromatic rings. The van der Waals surface area contributed by atoms with Crippen molar-refractivity contribution in [3.05, 3.63) is 55.0 Å². The van der Waals surface area contributed by atoms with Crippen molar-refractivity contribution in [2.75, 3.05) is 7.05 Å². The van der Waals surface area contributed by atoms with Gasteiger partial charge in [-0.3, -0.25) is 0 Å². The molecule has 4 rings (SSSR count). The van der Waals surface area contributed by atoms with Crippen LogP contribution in [-0.4, -0.2) is 42.6 Å². The van der Waals surface area contributed by atoms with E-state index in [4.69, 9.17) is 0 Å². The number of hydrogen-bond acceptors (Lipinski definition) is 4. The standard InChI is InChI=1S/C14H15B3N6/c1-21-11-23(14-13(21)9-6-10-18-14)17-20-15-19-16(22(17)2)12-7-4-3-5-8-12/h3-10,20H,1-2H3. The van der Waals surface area contributed by atoms with E-state index in [1.165, 1.54) is 0 Å². The maximum atomic E-state index is 4.58. The fourth-order valence-corrected chi connectivity index (χ4v) is 3.01. The van der Waals surface area contributed by atoms with E-state index in [0.29, 0.717) is 0 Å². The summed E-state index contributed by atoms with van der Waals surface area (Å²) in [4.78, 5) is 9.09. The molecule has 1 aliphatic rings. The average molecular weight is 300 g/mol. The molecule has 110 valence electrons. The molecule has 0 bridgehead atoms. The van der Waals surface area contributed by atoms with Gasteiger partial charge in [-0.2, -0.15) is 0 Å². The van der Waals surface area contributed by atoms with Crippen LogP contribution in [0.25, 0.3) is 11.2 Å². The molecule has 0 saturated heterocycles. The van der Waals surface area contributed by atoms with Crippen LogP contribution in [-0.2, 0) is 7.05 Å². The van der Waals surface area contributed by atoms with E-state index in [1.807, 2.05) is 46.4 Å². The van der Waals surface area contributed by atoms with Crippen LogP contribution >= 0.6 is 0 Å². The molecule has 3 heterocycles. The van der Waals surface area contributed by atoms with Gasteiger partial charge in [0.05, 0.1) is 0 Å².